The molecule has 0 aliphatic rings. The van der Waals surface area contributed by atoms with E-state index in [0.717, 1.165) is 12.1 Å². The molecule has 1 aromatic rings. The van der Waals surface area contributed by atoms with Crippen molar-refractivity contribution in [3.05, 3.63) is 29.8 Å². The lowest BCUT2D eigenvalue weighted by atomic mass is 9.88. The Bertz CT molecular complexity index is 562. The smallest absolute Gasteiger partial charge is 0.243 e. The van der Waals surface area contributed by atoms with Crippen LogP contribution in [0.2, 0.25) is 0 Å². The van der Waals surface area contributed by atoms with E-state index in [2.05, 4.69) is 5.32 Å². The quantitative estimate of drug-likeness (QED) is 0.879. The first-order chi connectivity index (χ1) is 9.62. The number of sulfonamides is 1. The number of rotatable bonds is 6. The molecule has 0 aromatic heterocycles. The normalized spacial score (nSPS) is 14.4. The molecule has 1 rings (SSSR count). The highest BCUT2D eigenvalue weighted by molar-refractivity contribution is 7.89. The first-order valence-corrected chi connectivity index (χ1v) is 8.83. The molecule has 0 fully saturated rings. The third-order valence-corrected chi connectivity index (χ3v) is 6.02. The Balaban J connectivity index is 3.19. The van der Waals surface area contributed by atoms with Gasteiger partial charge >= 0.3 is 0 Å². The fraction of sp³-hybridized carbons (Fsp3) is 0.625. The average Bonchev–Trinajstić information content (AvgIpc) is 2.42. The molecule has 4 nitrogen and oxygen atoms in total. The Morgan fingerprint density at radius 2 is 1.81 bits per heavy atom. The second kappa shape index (κ2) is 6.90. The molecule has 120 valence electrons. The molecule has 21 heavy (non-hydrogen) atoms. The summed E-state index contributed by atoms with van der Waals surface area (Å²) in [5.41, 5.74) is 0.700. The van der Waals surface area contributed by atoms with Crippen molar-refractivity contribution in [1.29, 1.82) is 0 Å². The SMILES string of the molecule is CCNCc1ccccc1S(=O)(=O)N(C)C(C)C(C)(C)C. The highest BCUT2D eigenvalue weighted by atomic mass is 32.2. The molecule has 0 amide bonds. The van der Waals surface area contributed by atoms with Crippen LogP contribution in [0.1, 0.15) is 40.2 Å². The van der Waals surface area contributed by atoms with Gasteiger partial charge in [0.25, 0.3) is 0 Å². The monoisotopic (exact) mass is 312 g/mol. The van der Waals surface area contributed by atoms with E-state index in [-0.39, 0.29) is 11.5 Å². The van der Waals surface area contributed by atoms with Gasteiger partial charge in [0.05, 0.1) is 4.90 Å². The van der Waals surface area contributed by atoms with E-state index < -0.39 is 10.0 Å². The molecule has 0 spiro atoms. The number of nitrogens with one attached hydrogen (secondary N) is 1. The summed E-state index contributed by atoms with van der Waals surface area (Å²) in [6.07, 6.45) is 0. The molecule has 1 N–H and O–H groups in total. The molecule has 0 saturated carbocycles. The van der Waals surface area contributed by atoms with Crippen LogP contribution in [0.15, 0.2) is 29.2 Å². The zero-order valence-electron chi connectivity index (χ0n) is 14.0. The Morgan fingerprint density at radius 3 is 2.33 bits per heavy atom. The van der Waals surface area contributed by atoms with Crippen LogP contribution >= 0.6 is 0 Å². The van der Waals surface area contributed by atoms with Gasteiger partial charge in [0.15, 0.2) is 0 Å². The molecule has 0 heterocycles. The largest absolute Gasteiger partial charge is 0.313 e. The van der Waals surface area contributed by atoms with Crippen LogP contribution in [0.5, 0.6) is 0 Å². The van der Waals surface area contributed by atoms with Crippen LogP contribution in [0.25, 0.3) is 0 Å². The van der Waals surface area contributed by atoms with Gasteiger partial charge in [-0.1, -0.05) is 45.9 Å². The Morgan fingerprint density at radius 1 is 1.24 bits per heavy atom. The van der Waals surface area contributed by atoms with Crippen molar-refractivity contribution in [3.8, 4) is 0 Å². The third kappa shape index (κ3) is 4.28. The first kappa shape index (κ1) is 18.1. The van der Waals surface area contributed by atoms with Gasteiger partial charge in [-0.15, -0.1) is 0 Å². The Hall–Kier alpha value is -0.910. The minimum atomic E-state index is -3.49. The Kier molecular flexibility index (Phi) is 5.96. The van der Waals surface area contributed by atoms with E-state index in [9.17, 15) is 8.42 Å². The minimum absolute atomic E-state index is 0.0882. The second-order valence-corrected chi connectivity index (χ2v) is 8.42. The number of benzene rings is 1. The predicted octanol–water partition coefficient (Wildman–Crippen LogP) is 2.85. The lowest BCUT2D eigenvalue weighted by Gasteiger charge is -2.34. The topological polar surface area (TPSA) is 49.4 Å². The molecule has 0 radical (unpaired) electrons. The van der Waals surface area contributed by atoms with Crippen LogP contribution in [0.3, 0.4) is 0 Å². The van der Waals surface area contributed by atoms with Crippen LogP contribution < -0.4 is 5.32 Å². The van der Waals surface area contributed by atoms with Crippen molar-refractivity contribution in [1.82, 2.24) is 9.62 Å². The maximum Gasteiger partial charge on any atom is 0.243 e. The maximum atomic E-state index is 12.9. The summed E-state index contributed by atoms with van der Waals surface area (Å²) in [7, 11) is -1.83. The van der Waals surface area contributed by atoms with E-state index in [1.165, 1.54) is 4.31 Å². The van der Waals surface area contributed by atoms with Crippen molar-refractivity contribution in [2.24, 2.45) is 5.41 Å². The molecule has 1 atom stereocenters. The van der Waals surface area contributed by atoms with E-state index in [4.69, 9.17) is 0 Å². The summed E-state index contributed by atoms with van der Waals surface area (Å²) in [5.74, 6) is 0. The van der Waals surface area contributed by atoms with Gasteiger partial charge in [-0.2, -0.15) is 4.31 Å². The van der Waals surface area contributed by atoms with Gasteiger partial charge in [0.1, 0.15) is 0 Å². The van der Waals surface area contributed by atoms with Crippen LogP contribution in [-0.2, 0) is 16.6 Å². The van der Waals surface area contributed by atoms with Crippen LogP contribution in [0.4, 0.5) is 0 Å². The van der Waals surface area contributed by atoms with Crippen LogP contribution in [-0.4, -0.2) is 32.4 Å². The lowest BCUT2D eigenvalue weighted by molar-refractivity contribution is 0.216. The standard InChI is InChI=1S/C16H28N2O2S/c1-7-17-12-14-10-8-9-11-15(14)21(19,20)18(6)13(2)16(3,4)5/h8-11,13,17H,7,12H2,1-6H3. The van der Waals surface area contributed by atoms with Gasteiger partial charge in [0.2, 0.25) is 10.0 Å². The highest BCUT2D eigenvalue weighted by Crippen LogP contribution is 2.28. The van der Waals surface area contributed by atoms with E-state index in [0.29, 0.717) is 11.4 Å². The van der Waals surface area contributed by atoms with E-state index in [1.54, 1.807) is 19.2 Å². The number of nitrogens with zero attached hydrogens (tertiary/aromatic N) is 1. The van der Waals surface area contributed by atoms with Gasteiger partial charge < -0.3 is 5.32 Å². The molecule has 0 aliphatic carbocycles. The van der Waals surface area contributed by atoms with Crippen molar-refractivity contribution < 1.29 is 8.42 Å². The lowest BCUT2D eigenvalue weighted by Crippen LogP contribution is -2.43. The molecular weight excluding hydrogens is 284 g/mol. The van der Waals surface area contributed by atoms with Crippen LogP contribution in [0, 0.1) is 5.41 Å². The number of hydrogen-bond donors (Lipinski definition) is 1. The second-order valence-electron chi connectivity index (χ2n) is 6.45. The fourth-order valence-corrected chi connectivity index (χ4v) is 3.83. The van der Waals surface area contributed by atoms with E-state index in [1.807, 2.05) is 46.8 Å². The minimum Gasteiger partial charge on any atom is -0.313 e. The van der Waals surface area contributed by atoms with Crippen molar-refractivity contribution in [3.63, 3.8) is 0 Å². The summed E-state index contributed by atoms with van der Waals surface area (Å²) in [4.78, 5) is 0.393. The fourth-order valence-electron chi connectivity index (χ4n) is 2.07. The average molecular weight is 312 g/mol. The Labute approximate surface area is 129 Å². The van der Waals surface area contributed by atoms with Gasteiger partial charge in [-0.3, -0.25) is 0 Å². The highest BCUT2D eigenvalue weighted by Gasteiger charge is 2.33. The van der Waals surface area contributed by atoms with Gasteiger partial charge in [-0.25, -0.2) is 8.42 Å². The summed E-state index contributed by atoms with van der Waals surface area (Å²) in [6, 6.07) is 7.12. The molecule has 1 unspecified atom stereocenters. The molecule has 0 saturated heterocycles. The first-order valence-electron chi connectivity index (χ1n) is 7.39. The van der Waals surface area contributed by atoms with Gasteiger partial charge in [-0.05, 0) is 30.5 Å². The van der Waals surface area contributed by atoms with E-state index >= 15 is 0 Å². The number of hydrogen-bond acceptors (Lipinski definition) is 3. The summed E-state index contributed by atoms with van der Waals surface area (Å²) < 4.78 is 27.3. The van der Waals surface area contributed by atoms with Crippen molar-refractivity contribution >= 4 is 10.0 Å². The van der Waals surface area contributed by atoms with Gasteiger partial charge in [0, 0.05) is 19.6 Å². The molecule has 0 bridgehead atoms. The summed E-state index contributed by atoms with van der Waals surface area (Å²) in [5, 5.41) is 3.19. The van der Waals surface area contributed by atoms with Crippen molar-refractivity contribution in [2.75, 3.05) is 13.6 Å². The molecule has 5 heteroatoms. The molecular formula is C16H28N2O2S. The maximum absolute atomic E-state index is 12.9. The zero-order chi connectivity index (χ0) is 16.3. The summed E-state index contributed by atoms with van der Waals surface area (Å²) >= 11 is 0. The zero-order valence-corrected chi connectivity index (χ0v) is 14.8. The third-order valence-electron chi connectivity index (χ3n) is 3.99. The predicted molar refractivity (Wildman–Crippen MR) is 87.7 cm³/mol. The summed E-state index contributed by atoms with van der Waals surface area (Å²) in [6.45, 7) is 11.5. The molecule has 1 aromatic carbocycles. The molecule has 0 aliphatic heterocycles. The van der Waals surface area contributed by atoms with Crippen molar-refractivity contribution in [2.45, 2.75) is 52.1 Å².